The van der Waals surface area contributed by atoms with E-state index in [4.69, 9.17) is 0 Å². The second kappa shape index (κ2) is 8.11. The highest BCUT2D eigenvalue weighted by molar-refractivity contribution is 5.86. The molecule has 4 saturated carbocycles. The minimum atomic E-state index is -0.463. The number of carbonyl (C=O) groups excluding carboxylic acids is 1. The number of fused-ring (bicyclic) bond motifs is 5. The van der Waals surface area contributed by atoms with E-state index in [2.05, 4.69) is 6.92 Å². The maximum Gasteiger partial charge on any atom is 0.155 e. The van der Waals surface area contributed by atoms with Crippen LogP contribution in [0.2, 0.25) is 0 Å². The molecule has 0 spiro atoms. The molecule has 5 rings (SSSR count). The number of likely N-dealkylation sites (N-methyl/N-ethyl adjacent to an activating group) is 1. The van der Waals surface area contributed by atoms with Crippen LogP contribution in [0.1, 0.15) is 71.6 Å². The van der Waals surface area contributed by atoms with E-state index >= 15 is 0 Å². The number of halogens is 1. The van der Waals surface area contributed by atoms with E-state index in [0.717, 1.165) is 42.7 Å². The fourth-order valence-electron chi connectivity index (χ4n) is 8.76. The number of hydrogen-bond acceptors (Lipinski definition) is 3. The van der Waals surface area contributed by atoms with Crippen molar-refractivity contribution in [3.05, 3.63) is 30.1 Å². The van der Waals surface area contributed by atoms with Crippen LogP contribution in [0.4, 0.5) is 10.1 Å². The molecule has 176 valence electrons. The number of hydrogen-bond donors (Lipinski definition) is 1. The molecular formula is C28H40FNO2. The number of Topliss-reactive ketones (excluding diaryl/α,β-unsaturated/α-hetero) is 1. The number of ketones is 1. The Kier molecular flexibility index (Phi) is 5.67. The molecule has 0 heterocycles. The van der Waals surface area contributed by atoms with Crippen LogP contribution in [0.3, 0.4) is 0 Å². The smallest absolute Gasteiger partial charge is 0.155 e. The van der Waals surface area contributed by atoms with Gasteiger partial charge in [0.15, 0.2) is 5.78 Å². The van der Waals surface area contributed by atoms with Gasteiger partial charge in [0, 0.05) is 18.7 Å². The largest absolute Gasteiger partial charge is 0.390 e. The summed E-state index contributed by atoms with van der Waals surface area (Å²) in [4.78, 5) is 15.4. The molecule has 3 nitrogen and oxygen atoms in total. The molecule has 32 heavy (non-hydrogen) atoms. The molecule has 0 aromatic heterocycles. The molecule has 1 N–H and O–H groups in total. The van der Waals surface area contributed by atoms with Crippen LogP contribution in [0.5, 0.6) is 0 Å². The van der Waals surface area contributed by atoms with Crippen molar-refractivity contribution in [1.82, 2.24) is 0 Å². The van der Waals surface area contributed by atoms with Crippen molar-refractivity contribution < 1.29 is 14.3 Å². The molecular weight excluding hydrogens is 401 g/mol. The van der Waals surface area contributed by atoms with Crippen LogP contribution < -0.4 is 4.90 Å². The molecule has 0 radical (unpaired) electrons. The lowest BCUT2D eigenvalue weighted by Crippen LogP contribution is -2.51. The van der Waals surface area contributed by atoms with Crippen LogP contribution >= 0.6 is 0 Å². The van der Waals surface area contributed by atoms with Gasteiger partial charge in [0.25, 0.3) is 0 Å². The van der Waals surface area contributed by atoms with Gasteiger partial charge in [-0.3, -0.25) is 4.79 Å². The first-order valence-electron chi connectivity index (χ1n) is 12.9. The summed E-state index contributed by atoms with van der Waals surface area (Å²) in [5, 5.41) is 10.6. The maximum absolute atomic E-state index is 13.6. The molecule has 0 unspecified atom stereocenters. The highest BCUT2D eigenvalue weighted by atomic mass is 19.1. The molecule has 0 bridgehead atoms. The summed E-state index contributed by atoms with van der Waals surface area (Å²) in [7, 11) is 1.90. The Labute approximate surface area is 192 Å². The van der Waals surface area contributed by atoms with E-state index in [0.29, 0.717) is 24.2 Å². The molecule has 0 saturated heterocycles. The average molecular weight is 442 g/mol. The quantitative estimate of drug-likeness (QED) is 0.637. The summed E-state index contributed by atoms with van der Waals surface area (Å²) < 4.78 is 13.6. The summed E-state index contributed by atoms with van der Waals surface area (Å²) in [6.45, 7) is 4.80. The number of carbonyl (C=O) groups is 1. The van der Waals surface area contributed by atoms with Gasteiger partial charge >= 0.3 is 0 Å². The van der Waals surface area contributed by atoms with Crippen molar-refractivity contribution in [2.45, 2.75) is 77.2 Å². The topological polar surface area (TPSA) is 40.5 Å². The standard InChI is InChI=1S/C28H40FNO2/c1-27(32)13-11-21-18(16-27)7-8-23-22(21)12-14-28(2)24(23)9-10-25(28)26(31)17-30(3)20-6-4-5-19(29)15-20/h4-6,15,18,21-25,32H,7-14,16-17H2,1-3H3/t18-,21+,22-,23-,24+,25-,27-,28+/m1/s1. The third-order valence-corrected chi connectivity index (χ3v) is 10.3. The van der Waals surface area contributed by atoms with Crippen molar-refractivity contribution in [2.24, 2.45) is 40.9 Å². The molecule has 0 amide bonds. The second-order valence-electron chi connectivity index (χ2n) is 12.2. The Morgan fingerprint density at radius 2 is 1.84 bits per heavy atom. The normalized spacial score (nSPS) is 43.2. The lowest BCUT2D eigenvalue weighted by molar-refractivity contribution is -0.131. The number of anilines is 1. The van der Waals surface area contributed by atoms with E-state index < -0.39 is 5.60 Å². The second-order valence-corrected chi connectivity index (χ2v) is 12.2. The monoisotopic (exact) mass is 441 g/mol. The summed E-state index contributed by atoms with van der Waals surface area (Å²) in [6.07, 6.45) is 10.3. The molecule has 4 aliphatic carbocycles. The van der Waals surface area contributed by atoms with Gasteiger partial charge in [0.05, 0.1) is 12.1 Å². The van der Waals surface area contributed by atoms with Crippen LogP contribution in [-0.2, 0) is 4.79 Å². The predicted molar refractivity (Wildman–Crippen MR) is 126 cm³/mol. The Bertz CT molecular complexity index is 869. The molecule has 1 aromatic rings. The van der Waals surface area contributed by atoms with E-state index in [-0.39, 0.29) is 17.2 Å². The van der Waals surface area contributed by atoms with Gasteiger partial charge in [-0.2, -0.15) is 0 Å². The van der Waals surface area contributed by atoms with Gasteiger partial charge in [0.1, 0.15) is 5.82 Å². The highest BCUT2D eigenvalue weighted by Crippen LogP contribution is 2.64. The molecule has 0 aliphatic heterocycles. The van der Waals surface area contributed by atoms with Gasteiger partial charge < -0.3 is 10.0 Å². The van der Waals surface area contributed by atoms with Gasteiger partial charge in [-0.15, -0.1) is 0 Å². The van der Waals surface area contributed by atoms with Gasteiger partial charge in [-0.1, -0.05) is 13.0 Å². The van der Waals surface area contributed by atoms with Crippen molar-refractivity contribution >= 4 is 11.5 Å². The van der Waals surface area contributed by atoms with Crippen molar-refractivity contribution in [3.8, 4) is 0 Å². The van der Waals surface area contributed by atoms with Gasteiger partial charge in [-0.05, 0) is 118 Å². The zero-order chi connectivity index (χ0) is 22.7. The van der Waals surface area contributed by atoms with Crippen molar-refractivity contribution in [1.29, 1.82) is 0 Å². The number of aliphatic hydroxyl groups is 1. The van der Waals surface area contributed by atoms with Crippen LogP contribution in [0.25, 0.3) is 0 Å². The van der Waals surface area contributed by atoms with Crippen LogP contribution in [-0.4, -0.2) is 30.1 Å². The van der Waals surface area contributed by atoms with Crippen molar-refractivity contribution in [3.63, 3.8) is 0 Å². The van der Waals surface area contributed by atoms with E-state index in [1.807, 2.05) is 24.9 Å². The van der Waals surface area contributed by atoms with Crippen molar-refractivity contribution in [2.75, 3.05) is 18.5 Å². The van der Waals surface area contributed by atoms with E-state index in [1.165, 1.54) is 50.7 Å². The molecule has 1 aromatic carbocycles. The average Bonchev–Trinajstić information content (AvgIpc) is 3.10. The Hall–Kier alpha value is -1.42. The fourth-order valence-corrected chi connectivity index (χ4v) is 8.76. The zero-order valence-corrected chi connectivity index (χ0v) is 20.0. The highest BCUT2D eigenvalue weighted by Gasteiger charge is 2.58. The number of rotatable bonds is 4. The summed E-state index contributed by atoms with van der Waals surface area (Å²) >= 11 is 0. The number of benzene rings is 1. The number of nitrogens with zero attached hydrogens (tertiary/aromatic N) is 1. The fraction of sp³-hybridized carbons (Fsp3) is 0.750. The zero-order valence-electron chi connectivity index (χ0n) is 20.0. The first-order valence-corrected chi connectivity index (χ1v) is 12.9. The predicted octanol–water partition coefficient (Wildman–Crippen LogP) is 5.85. The SMILES string of the molecule is CN(CC(=O)[C@H]1CC[C@H]2[C@@H]3CC[C@@H]4C[C@](C)(O)CC[C@@H]4[C@H]3CC[C@]12C)c1cccc(F)c1. The van der Waals surface area contributed by atoms with Crippen LogP contribution in [0.15, 0.2) is 24.3 Å². The molecule has 8 atom stereocenters. The first-order chi connectivity index (χ1) is 15.2. The lowest BCUT2D eigenvalue weighted by atomic mass is 9.49. The Morgan fingerprint density at radius 1 is 1.06 bits per heavy atom. The molecule has 4 heteroatoms. The Morgan fingerprint density at radius 3 is 2.62 bits per heavy atom. The summed E-state index contributed by atoms with van der Waals surface area (Å²) in [5.41, 5.74) is 0.428. The third kappa shape index (κ3) is 3.81. The summed E-state index contributed by atoms with van der Waals surface area (Å²) in [5.74, 6) is 3.92. The minimum absolute atomic E-state index is 0.119. The minimum Gasteiger partial charge on any atom is -0.390 e. The van der Waals surface area contributed by atoms with Gasteiger partial charge in [0.2, 0.25) is 0 Å². The van der Waals surface area contributed by atoms with Crippen LogP contribution in [0, 0.1) is 46.7 Å². The first kappa shape index (κ1) is 22.4. The third-order valence-electron chi connectivity index (χ3n) is 10.3. The molecule has 4 aliphatic rings. The molecule has 4 fully saturated rings. The Balaban J connectivity index is 1.28. The van der Waals surface area contributed by atoms with Gasteiger partial charge in [-0.25, -0.2) is 4.39 Å². The van der Waals surface area contributed by atoms with E-state index in [9.17, 15) is 14.3 Å². The maximum atomic E-state index is 13.6. The summed E-state index contributed by atoms with van der Waals surface area (Å²) in [6, 6.07) is 6.54. The lowest BCUT2D eigenvalue weighted by Gasteiger charge is -2.56. The van der Waals surface area contributed by atoms with E-state index in [1.54, 1.807) is 6.07 Å².